The zero-order valence-electron chi connectivity index (χ0n) is 10.8. The number of aromatic nitrogens is 2. The van der Waals surface area contributed by atoms with Crippen molar-refractivity contribution >= 4 is 23.4 Å². The summed E-state index contributed by atoms with van der Waals surface area (Å²) in [5.41, 5.74) is 5.74. The molecule has 1 aromatic heterocycles. The lowest BCUT2D eigenvalue weighted by Gasteiger charge is -2.17. The SMILES string of the molecule is CCC1OCCC1CNc1cc(N)nc(SC)n1. The van der Waals surface area contributed by atoms with E-state index in [1.807, 2.05) is 6.26 Å². The number of thioether (sulfide) groups is 1. The third-order valence-corrected chi connectivity index (χ3v) is 3.75. The van der Waals surface area contributed by atoms with Crippen LogP contribution in [0.1, 0.15) is 19.8 Å². The number of anilines is 2. The quantitative estimate of drug-likeness (QED) is 0.628. The first kappa shape index (κ1) is 13.4. The summed E-state index contributed by atoms with van der Waals surface area (Å²) in [6.45, 7) is 3.91. The molecule has 2 atom stereocenters. The second-order valence-electron chi connectivity index (χ2n) is 4.41. The molecule has 0 bridgehead atoms. The van der Waals surface area contributed by atoms with E-state index in [0.29, 0.717) is 23.0 Å². The van der Waals surface area contributed by atoms with Crippen LogP contribution in [-0.2, 0) is 4.74 Å². The molecular weight excluding hydrogens is 248 g/mol. The Morgan fingerprint density at radius 3 is 3.11 bits per heavy atom. The predicted molar refractivity (Wildman–Crippen MR) is 74.9 cm³/mol. The fourth-order valence-electron chi connectivity index (χ4n) is 2.24. The van der Waals surface area contributed by atoms with Gasteiger partial charge < -0.3 is 15.8 Å². The Morgan fingerprint density at radius 2 is 2.39 bits per heavy atom. The highest BCUT2D eigenvalue weighted by molar-refractivity contribution is 7.98. The largest absolute Gasteiger partial charge is 0.383 e. The van der Waals surface area contributed by atoms with Crippen LogP contribution in [0.5, 0.6) is 0 Å². The molecule has 1 saturated heterocycles. The van der Waals surface area contributed by atoms with E-state index in [1.165, 1.54) is 11.8 Å². The van der Waals surface area contributed by atoms with Gasteiger partial charge in [0.15, 0.2) is 5.16 Å². The molecule has 1 aromatic rings. The highest BCUT2D eigenvalue weighted by Gasteiger charge is 2.26. The molecule has 0 saturated carbocycles. The molecule has 18 heavy (non-hydrogen) atoms. The summed E-state index contributed by atoms with van der Waals surface area (Å²) in [5.74, 6) is 1.86. The Morgan fingerprint density at radius 1 is 1.56 bits per heavy atom. The average molecular weight is 268 g/mol. The summed E-state index contributed by atoms with van der Waals surface area (Å²) in [6, 6.07) is 1.77. The van der Waals surface area contributed by atoms with Gasteiger partial charge in [0, 0.05) is 25.1 Å². The predicted octanol–water partition coefficient (Wildman–Crippen LogP) is 2.01. The minimum absolute atomic E-state index is 0.372. The molecule has 3 N–H and O–H groups in total. The van der Waals surface area contributed by atoms with Crippen LogP contribution in [0.4, 0.5) is 11.6 Å². The Balaban J connectivity index is 1.95. The van der Waals surface area contributed by atoms with Gasteiger partial charge in [-0.25, -0.2) is 9.97 Å². The third-order valence-electron chi connectivity index (χ3n) is 3.20. The third kappa shape index (κ3) is 3.26. The highest BCUT2D eigenvalue weighted by atomic mass is 32.2. The van der Waals surface area contributed by atoms with E-state index in [0.717, 1.165) is 31.8 Å². The molecular formula is C12H20N4OS. The fourth-order valence-corrected chi connectivity index (χ4v) is 2.62. The van der Waals surface area contributed by atoms with E-state index < -0.39 is 0 Å². The lowest BCUT2D eigenvalue weighted by atomic mass is 10.00. The molecule has 100 valence electrons. The summed E-state index contributed by atoms with van der Waals surface area (Å²) in [6.07, 6.45) is 4.49. The Bertz CT molecular complexity index is 402. The van der Waals surface area contributed by atoms with Gasteiger partial charge in [-0.3, -0.25) is 0 Å². The van der Waals surface area contributed by atoms with Crippen molar-refractivity contribution in [2.45, 2.75) is 31.0 Å². The van der Waals surface area contributed by atoms with Crippen molar-refractivity contribution < 1.29 is 4.74 Å². The van der Waals surface area contributed by atoms with Crippen molar-refractivity contribution in [1.82, 2.24) is 9.97 Å². The molecule has 1 aliphatic heterocycles. The Labute approximate surface area is 112 Å². The molecule has 1 fully saturated rings. The molecule has 0 radical (unpaired) electrons. The van der Waals surface area contributed by atoms with Gasteiger partial charge in [-0.2, -0.15) is 0 Å². The number of rotatable bonds is 5. The maximum absolute atomic E-state index is 5.74. The molecule has 2 heterocycles. The molecule has 0 aromatic carbocycles. The maximum atomic E-state index is 5.74. The van der Waals surface area contributed by atoms with Crippen molar-refractivity contribution in [3.05, 3.63) is 6.07 Å². The standard InChI is InChI=1S/C12H20N4OS/c1-3-9-8(4-5-17-9)7-14-11-6-10(13)15-12(16-11)18-2/h6,8-9H,3-5,7H2,1-2H3,(H3,13,14,15,16). The number of hydrogen-bond donors (Lipinski definition) is 2. The zero-order valence-corrected chi connectivity index (χ0v) is 11.7. The summed E-state index contributed by atoms with van der Waals surface area (Å²) in [7, 11) is 0. The summed E-state index contributed by atoms with van der Waals surface area (Å²) >= 11 is 1.49. The fraction of sp³-hybridized carbons (Fsp3) is 0.667. The van der Waals surface area contributed by atoms with Crippen molar-refractivity contribution in [3.63, 3.8) is 0 Å². The average Bonchev–Trinajstić information content (AvgIpc) is 2.83. The van der Waals surface area contributed by atoms with Gasteiger partial charge in [0.25, 0.3) is 0 Å². The van der Waals surface area contributed by atoms with Gasteiger partial charge in [0.2, 0.25) is 0 Å². The van der Waals surface area contributed by atoms with Crippen LogP contribution < -0.4 is 11.1 Å². The van der Waals surface area contributed by atoms with Crippen LogP contribution in [0, 0.1) is 5.92 Å². The minimum Gasteiger partial charge on any atom is -0.383 e. The zero-order chi connectivity index (χ0) is 13.0. The van der Waals surface area contributed by atoms with Gasteiger partial charge in [-0.1, -0.05) is 18.7 Å². The molecule has 0 aliphatic carbocycles. The summed E-state index contributed by atoms with van der Waals surface area (Å²) < 4.78 is 5.67. The number of nitrogens with zero attached hydrogens (tertiary/aromatic N) is 2. The molecule has 2 unspecified atom stereocenters. The van der Waals surface area contributed by atoms with E-state index >= 15 is 0 Å². The van der Waals surface area contributed by atoms with E-state index in [4.69, 9.17) is 10.5 Å². The van der Waals surface area contributed by atoms with Crippen LogP contribution in [0.25, 0.3) is 0 Å². The first-order valence-electron chi connectivity index (χ1n) is 6.27. The van der Waals surface area contributed by atoms with Crippen molar-refractivity contribution in [3.8, 4) is 0 Å². The smallest absolute Gasteiger partial charge is 0.191 e. The Hall–Kier alpha value is -1.01. The van der Waals surface area contributed by atoms with Crippen LogP contribution in [-0.4, -0.2) is 35.5 Å². The van der Waals surface area contributed by atoms with Crippen molar-refractivity contribution in [2.24, 2.45) is 5.92 Å². The normalized spacial score (nSPS) is 23.2. The van der Waals surface area contributed by atoms with Gasteiger partial charge in [-0.15, -0.1) is 0 Å². The van der Waals surface area contributed by atoms with Crippen LogP contribution in [0.3, 0.4) is 0 Å². The van der Waals surface area contributed by atoms with E-state index in [1.54, 1.807) is 6.07 Å². The van der Waals surface area contributed by atoms with Gasteiger partial charge in [0.05, 0.1) is 6.10 Å². The van der Waals surface area contributed by atoms with Crippen LogP contribution in [0.15, 0.2) is 11.2 Å². The second kappa shape index (κ2) is 6.24. The first-order valence-corrected chi connectivity index (χ1v) is 7.49. The molecule has 2 rings (SSSR count). The topological polar surface area (TPSA) is 73.1 Å². The van der Waals surface area contributed by atoms with Crippen molar-refractivity contribution in [2.75, 3.05) is 30.5 Å². The number of ether oxygens (including phenoxy) is 1. The molecule has 6 heteroatoms. The summed E-state index contributed by atoms with van der Waals surface area (Å²) in [5, 5.41) is 4.04. The van der Waals surface area contributed by atoms with E-state index in [2.05, 4.69) is 22.2 Å². The first-order chi connectivity index (χ1) is 8.72. The molecule has 0 amide bonds. The van der Waals surface area contributed by atoms with Gasteiger partial charge >= 0.3 is 0 Å². The van der Waals surface area contributed by atoms with Crippen molar-refractivity contribution in [1.29, 1.82) is 0 Å². The second-order valence-corrected chi connectivity index (χ2v) is 5.19. The van der Waals surface area contributed by atoms with Gasteiger partial charge in [-0.05, 0) is 19.1 Å². The number of hydrogen-bond acceptors (Lipinski definition) is 6. The lowest BCUT2D eigenvalue weighted by Crippen LogP contribution is -2.23. The van der Waals surface area contributed by atoms with E-state index in [9.17, 15) is 0 Å². The molecule has 0 spiro atoms. The lowest BCUT2D eigenvalue weighted by molar-refractivity contribution is 0.0900. The number of nitrogens with two attached hydrogens (primary N) is 1. The Kier molecular flexibility index (Phi) is 4.66. The van der Waals surface area contributed by atoms with Gasteiger partial charge in [0.1, 0.15) is 11.6 Å². The summed E-state index contributed by atoms with van der Waals surface area (Å²) in [4.78, 5) is 8.51. The minimum atomic E-state index is 0.372. The number of nitrogens with one attached hydrogen (secondary N) is 1. The monoisotopic (exact) mass is 268 g/mol. The van der Waals surface area contributed by atoms with Crippen LogP contribution >= 0.6 is 11.8 Å². The highest BCUT2D eigenvalue weighted by Crippen LogP contribution is 2.24. The number of nitrogen functional groups attached to an aromatic ring is 1. The maximum Gasteiger partial charge on any atom is 0.191 e. The molecule has 5 nitrogen and oxygen atoms in total. The molecule has 1 aliphatic rings. The van der Waals surface area contributed by atoms with E-state index in [-0.39, 0.29) is 0 Å². The van der Waals surface area contributed by atoms with Crippen LogP contribution in [0.2, 0.25) is 0 Å².